The summed E-state index contributed by atoms with van der Waals surface area (Å²) < 4.78 is 47.8. The summed E-state index contributed by atoms with van der Waals surface area (Å²) >= 11 is 0. The molecule has 2 aromatic rings. The molecule has 0 aliphatic heterocycles. The number of ether oxygens (including phenoxy) is 2. The topological polar surface area (TPSA) is 90.7 Å². The number of primary amides is 1. The largest absolute Gasteiger partial charge is 0.497 e. The molecule has 0 radical (unpaired) electrons. The molecule has 138 valence electrons. The molecule has 0 aromatic heterocycles. The first-order chi connectivity index (χ1) is 12.2. The molecule has 0 aliphatic rings. The van der Waals surface area contributed by atoms with Gasteiger partial charge in [-0.1, -0.05) is 0 Å². The first-order valence-corrected chi connectivity index (χ1v) is 7.28. The lowest BCUT2D eigenvalue weighted by atomic mass is 10.2. The highest BCUT2D eigenvalue weighted by Gasteiger charge is 2.30. The second kappa shape index (κ2) is 7.77. The van der Waals surface area contributed by atoms with Crippen molar-refractivity contribution in [1.82, 2.24) is 0 Å². The summed E-state index contributed by atoms with van der Waals surface area (Å²) in [7, 11) is 1.42. The van der Waals surface area contributed by atoms with Crippen LogP contribution in [0.1, 0.15) is 15.9 Å². The number of carbonyl (C=O) groups excluding carboxylic acids is 2. The van der Waals surface area contributed by atoms with Crippen molar-refractivity contribution < 1.29 is 32.2 Å². The zero-order valence-corrected chi connectivity index (χ0v) is 13.6. The summed E-state index contributed by atoms with van der Waals surface area (Å²) in [4.78, 5) is 23.3. The van der Waals surface area contributed by atoms with Gasteiger partial charge in [0.2, 0.25) is 0 Å². The maximum atomic E-state index is 12.5. The molecule has 3 N–H and O–H groups in total. The molecule has 0 fully saturated rings. The molecule has 0 heterocycles. The van der Waals surface area contributed by atoms with E-state index < -0.39 is 30.2 Å². The van der Waals surface area contributed by atoms with Crippen molar-refractivity contribution in [3.05, 3.63) is 53.6 Å². The molecule has 6 nitrogen and oxygen atoms in total. The Balaban J connectivity index is 2.02. The Labute approximate surface area is 146 Å². The zero-order valence-electron chi connectivity index (χ0n) is 13.6. The number of hydrogen-bond donors (Lipinski definition) is 2. The molecule has 9 heteroatoms. The van der Waals surface area contributed by atoms with Crippen LogP contribution in [0, 0.1) is 0 Å². The fourth-order valence-electron chi connectivity index (χ4n) is 2.04. The summed E-state index contributed by atoms with van der Waals surface area (Å²) in [5.74, 6) is -0.915. The van der Waals surface area contributed by atoms with Crippen LogP contribution in [-0.2, 0) is 11.0 Å². The average Bonchev–Trinajstić information content (AvgIpc) is 2.59. The van der Waals surface area contributed by atoms with Gasteiger partial charge in [-0.05, 0) is 36.4 Å². The predicted molar refractivity (Wildman–Crippen MR) is 87.1 cm³/mol. The first kappa shape index (κ1) is 19.1. The standard InChI is InChI=1S/C17H15F3N2O4/c1-25-12-6-7-13(16(21)24)14(8-12)26-9-15(23)22-11-4-2-10(3-5-11)17(18,19)20/h2-8H,9H2,1H3,(H2,21,24)(H,22,23). The highest BCUT2D eigenvalue weighted by atomic mass is 19.4. The molecule has 0 saturated heterocycles. The van der Waals surface area contributed by atoms with Crippen LogP contribution in [0.3, 0.4) is 0 Å². The van der Waals surface area contributed by atoms with Gasteiger partial charge in [0.05, 0.1) is 18.2 Å². The molecular weight excluding hydrogens is 353 g/mol. The maximum absolute atomic E-state index is 12.5. The fourth-order valence-corrected chi connectivity index (χ4v) is 2.04. The number of alkyl halides is 3. The molecule has 0 unspecified atom stereocenters. The minimum absolute atomic E-state index is 0.0550. The smallest absolute Gasteiger partial charge is 0.416 e. The van der Waals surface area contributed by atoms with Gasteiger partial charge < -0.3 is 20.5 Å². The summed E-state index contributed by atoms with van der Waals surface area (Å²) in [6.07, 6.45) is -4.46. The van der Waals surface area contributed by atoms with Crippen LogP contribution in [0.5, 0.6) is 11.5 Å². The highest BCUT2D eigenvalue weighted by molar-refractivity contribution is 5.96. The van der Waals surface area contributed by atoms with Gasteiger partial charge in [-0.15, -0.1) is 0 Å². The van der Waals surface area contributed by atoms with E-state index in [4.69, 9.17) is 15.2 Å². The third kappa shape index (κ3) is 4.88. The van der Waals surface area contributed by atoms with Crippen LogP contribution in [0.15, 0.2) is 42.5 Å². The number of halogens is 3. The number of rotatable bonds is 6. The van der Waals surface area contributed by atoms with E-state index in [-0.39, 0.29) is 17.0 Å². The van der Waals surface area contributed by atoms with Gasteiger partial charge in [-0.25, -0.2) is 0 Å². The van der Waals surface area contributed by atoms with Crippen LogP contribution in [0.4, 0.5) is 18.9 Å². The Hall–Kier alpha value is -3.23. The molecule has 0 bridgehead atoms. The number of hydrogen-bond acceptors (Lipinski definition) is 4. The van der Waals surface area contributed by atoms with Crippen molar-refractivity contribution in [2.45, 2.75) is 6.18 Å². The van der Waals surface area contributed by atoms with E-state index in [9.17, 15) is 22.8 Å². The molecule has 2 rings (SSSR count). The lowest BCUT2D eigenvalue weighted by Gasteiger charge is -2.12. The monoisotopic (exact) mass is 368 g/mol. The minimum Gasteiger partial charge on any atom is -0.497 e. The van der Waals surface area contributed by atoms with E-state index in [1.165, 1.54) is 25.3 Å². The van der Waals surface area contributed by atoms with Crippen LogP contribution < -0.4 is 20.5 Å². The number of anilines is 1. The third-order valence-corrected chi connectivity index (χ3v) is 3.31. The van der Waals surface area contributed by atoms with Crippen molar-refractivity contribution >= 4 is 17.5 Å². The molecule has 26 heavy (non-hydrogen) atoms. The number of nitrogens with two attached hydrogens (primary N) is 1. The van der Waals surface area contributed by atoms with Crippen LogP contribution >= 0.6 is 0 Å². The van der Waals surface area contributed by atoms with Gasteiger partial charge in [-0.2, -0.15) is 13.2 Å². The summed E-state index contributed by atoms with van der Waals surface area (Å²) in [5, 5.41) is 2.39. The maximum Gasteiger partial charge on any atom is 0.416 e. The molecule has 0 saturated carbocycles. The van der Waals surface area contributed by atoms with Gasteiger partial charge in [-0.3, -0.25) is 9.59 Å². The van der Waals surface area contributed by atoms with Gasteiger partial charge in [0, 0.05) is 11.8 Å². The normalized spacial score (nSPS) is 10.9. The minimum atomic E-state index is -4.46. The fraction of sp³-hybridized carbons (Fsp3) is 0.176. The van der Waals surface area contributed by atoms with Gasteiger partial charge in [0.1, 0.15) is 11.5 Å². The van der Waals surface area contributed by atoms with E-state index in [1.54, 1.807) is 0 Å². The highest BCUT2D eigenvalue weighted by Crippen LogP contribution is 2.30. The number of carbonyl (C=O) groups is 2. The van der Waals surface area contributed by atoms with E-state index in [2.05, 4.69) is 5.32 Å². The van der Waals surface area contributed by atoms with Gasteiger partial charge >= 0.3 is 6.18 Å². The van der Waals surface area contributed by atoms with Crippen molar-refractivity contribution in [2.24, 2.45) is 5.73 Å². The average molecular weight is 368 g/mol. The Bertz CT molecular complexity index is 805. The molecule has 0 atom stereocenters. The predicted octanol–water partition coefficient (Wildman–Crippen LogP) is 2.83. The van der Waals surface area contributed by atoms with Crippen molar-refractivity contribution in [2.75, 3.05) is 19.0 Å². The Morgan fingerprint density at radius 1 is 1.12 bits per heavy atom. The molecule has 2 aromatic carbocycles. The van der Waals surface area contributed by atoms with E-state index >= 15 is 0 Å². The van der Waals surface area contributed by atoms with Crippen molar-refractivity contribution in [1.29, 1.82) is 0 Å². The molecule has 0 spiro atoms. The molecular formula is C17H15F3N2O4. The van der Waals surface area contributed by atoms with Gasteiger partial charge in [0.15, 0.2) is 6.61 Å². The summed E-state index contributed by atoms with van der Waals surface area (Å²) in [6.45, 7) is -0.478. The first-order valence-electron chi connectivity index (χ1n) is 7.28. The molecule has 0 aliphatic carbocycles. The van der Waals surface area contributed by atoms with Crippen LogP contribution in [-0.4, -0.2) is 25.5 Å². The lowest BCUT2D eigenvalue weighted by Crippen LogP contribution is -2.21. The Morgan fingerprint density at radius 2 is 1.77 bits per heavy atom. The van der Waals surface area contributed by atoms with E-state index in [0.717, 1.165) is 24.3 Å². The van der Waals surface area contributed by atoms with Crippen molar-refractivity contribution in [3.8, 4) is 11.5 Å². The lowest BCUT2D eigenvalue weighted by molar-refractivity contribution is -0.137. The van der Waals surface area contributed by atoms with Crippen molar-refractivity contribution in [3.63, 3.8) is 0 Å². The summed E-state index contributed by atoms with van der Waals surface area (Å²) in [6, 6.07) is 8.25. The quantitative estimate of drug-likeness (QED) is 0.820. The molecule has 2 amide bonds. The summed E-state index contributed by atoms with van der Waals surface area (Å²) in [5.41, 5.74) is 4.64. The number of amides is 2. The third-order valence-electron chi connectivity index (χ3n) is 3.31. The van der Waals surface area contributed by atoms with Gasteiger partial charge in [0.25, 0.3) is 11.8 Å². The Kier molecular flexibility index (Phi) is 5.71. The van der Waals surface area contributed by atoms with E-state index in [0.29, 0.717) is 5.75 Å². The van der Waals surface area contributed by atoms with Crippen LogP contribution in [0.2, 0.25) is 0 Å². The number of methoxy groups -OCH3 is 1. The SMILES string of the molecule is COc1ccc(C(N)=O)c(OCC(=O)Nc2ccc(C(F)(F)F)cc2)c1. The van der Waals surface area contributed by atoms with Crippen LogP contribution in [0.25, 0.3) is 0 Å². The zero-order chi connectivity index (χ0) is 19.3. The van der Waals surface area contributed by atoms with E-state index in [1.807, 2.05) is 0 Å². The number of nitrogens with one attached hydrogen (secondary N) is 1. The second-order valence-electron chi connectivity index (χ2n) is 5.14. The number of benzene rings is 2. The Morgan fingerprint density at radius 3 is 2.31 bits per heavy atom. The second-order valence-corrected chi connectivity index (χ2v) is 5.14.